The lowest BCUT2D eigenvalue weighted by molar-refractivity contribution is -0.148. The fourth-order valence-corrected chi connectivity index (χ4v) is 2.52. The molecule has 1 heterocycles. The summed E-state index contributed by atoms with van der Waals surface area (Å²) in [6.45, 7) is 0.775. The van der Waals surface area contributed by atoms with Crippen LogP contribution in [0.3, 0.4) is 0 Å². The van der Waals surface area contributed by atoms with Gasteiger partial charge in [0.2, 0.25) is 5.91 Å². The second kappa shape index (κ2) is 6.74. The van der Waals surface area contributed by atoms with Gasteiger partial charge in [0.1, 0.15) is 11.8 Å². The van der Waals surface area contributed by atoms with Gasteiger partial charge in [0.25, 0.3) is 0 Å². The van der Waals surface area contributed by atoms with Gasteiger partial charge >= 0.3 is 5.97 Å². The molecule has 0 bridgehead atoms. The molecule has 1 aliphatic rings. The van der Waals surface area contributed by atoms with E-state index < -0.39 is 12.0 Å². The Bertz CT molecular complexity index is 488. The molecule has 108 valence electrons. The van der Waals surface area contributed by atoms with Crippen molar-refractivity contribution in [3.8, 4) is 5.75 Å². The number of carboxylic acid groups (broad SMARTS) is 1. The minimum atomic E-state index is -0.926. The Morgan fingerprint density at radius 3 is 2.70 bits per heavy atom. The molecule has 0 saturated carbocycles. The number of amides is 1. The van der Waals surface area contributed by atoms with Crippen LogP contribution in [0.15, 0.2) is 28.7 Å². The van der Waals surface area contributed by atoms with Gasteiger partial charge in [-0.25, -0.2) is 4.79 Å². The molecule has 0 spiro atoms. The smallest absolute Gasteiger partial charge is 0.326 e. The number of rotatable bonds is 5. The molecule has 2 rings (SSSR count). The summed E-state index contributed by atoms with van der Waals surface area (Å²) in [6, 6.07) is 6.67. The van der Waals surface area contributed by atoms with Crippen molar-refractivity contribution in [2.24, 2.45) is 0 Å². The maximum Gasteiger partial charge on any atom is 0.326 e. The summed E-state index contributed by atoms with van der Waals surface area (Å²) in [4.78, 5) is 24.4. The van der Waals surface area contributed by atoms with Crippen molar-refractivity contribution in [3.05, 3.63) is 28.7 Å². The lowest BCUT2D eigenvalue weighted by atomic mass is 10.2. The van der Waals surface area contributed by atoms with E-state index in [1.165, 1.54) is 4.90 Å². The minimum absolute atomic E-state index is 0.160. The van der Waals surface area contributed by atoms with Crippen molar-refractivity contribution in [3.63, 3.8) is 0 Å². The summed E-state index contributed by atoms with van der Waals surface area (Å²) in [5.41, 5.74) is 0. The van der Waals surface area contributed by atoms with Crippen LogP contribution >= 0.6 is 15.9 Å². The first-order valence-electron chi connectivity index (χ1n) is 6.48. The molecule has 1 saturated heterocycles. The Kier molecular flexibility index (Phi) is 5.00. The number of hydrogen-bond acceptors (Lipinski definition) is 3. The third-order valence-electron chi connectivity index (χ3n) is 3.26. The molecule has 1 atom stereocenters. The van der Waals surface area contributed by atoms with Crippen molar-refractivity contribution < 1.29 is 19.4 Å². The molecule has 5 nitrogen and oxygen atoms in total. The first-order chi connectivity index (χ1) is 9.58. The van der Waals surface area contributed by atoms with Gasteiger partial charge in [0, 0.05) is 11.0 Å². The quantitative estimate of drug-likeness (QED) is 0.892. The molecule has 1 fully saturated rings. The third kappa shape index (κ3) is 3.72. The Morgan fingerprint density at radius 2 is 2.05 bits per heavy atom. The number of likely N-dealkylation sites (tertiary alicyclic amines) is 1. The van der Waals surface area contributed by atoms with E-state index in [2.05, 4.69) is 15.9 Å². The molecule has 20 heavy (non-hydrogen) atoms. The van der Waals surface area contributed by atoms with Crippen molar-refractivity contribution in [2.75, 3.05) is 13.2 Å². The Morgan fingerprint density at radius 1 is 1.35 bits per heavy atom. The number of benzene rings is 1. The average molecular weight is 342 g/mol. The molecular weight excluding hydrogens is 326 g/mol. The highest BCUT2D eigenvalue weighted by atomic mass is 79.9. The zero-order valence-electron chi connectivity index (χ0n) is 10.9. The maximum absolute atomic E-state index is 12.0. The number of hydrogen-bond donors (Lipinski definition) is 1. The van der Waals surface area contributed by atoms with Crippen molar-refractivity contribution in [1.29, 1.82) is 0 Å². The highest BCUT2D eigenvalue weighted by Gasteiger charge is 2.33. The molecule has 1 aliphatic heterocycles. The van der Waals surface area contributed by atoms with E-state index in [1.807, 2.05) is 24.3 Å². The topological polar surface area (TPSA) is 66.8 Å². The first kappa shape index (κ1) is 14.8. The lowest BCUT2D eigenvalue weighted by Gasteiger charge is -2.21. The first-order valence-corrected chi connectivity index (χ1v) is 7.28. The van der Waals surface area contributed by atoms with E-state index in [0.29, 0.717) is 18.7 Å². The zero-order chi connectivity index (χ0) is 14.5. The summed E-state index contributed by atoms with van der Waals surface area (Å²) in [6.07, 6.45) is 1.48. The normalized spacial score (nSPS) is 18.1. The fraction of sp³-hybridized carbons (Fsp3) is 0.429. The second-order valence-electron chi connectivity index (χ2n) is 4.64. The van der Waals surface area contributed by atoms with Gasteiger partial charge < -0.3 is 14.7 Å². The van der Waals surface area contributed by atoms with Crippen LogP contribution in [0, 0.1) is 0 Å². The van der Waals surface area contributed by atoms with E-state index in [4.69, 9.17) is 9.84 Å². The van der Waals surface area contributed by atoms with Crippen LogP contribution < -0.4 is 4.74 Å². The van der Waals surface area contributed by atoms with Gasteiger partial charge in [-0.3, -0.25) is 4.79 Å². The summed E-state index contributed by atoms with van der Waals surface area (Å²) < 4.78 is 6.43. The largest absolute Gasteiger partial charge is 0.493 e. The number of carboxylic acids is 1. The second-order valence-corrected chi connectivity index (χ2v) is 5.55. The van der Waals surface area contributed by atoms with Gasteiger partial charge in [0.15, 0.2) is 0 Å². The Balaban J connectivity index is 1.80. The Hall–Kier alpha value is -1.56. The summed E-state index contributed by atoms with van der Waals surface area (Å²) in [5, 5.41) is 9.03. The highest BCUT2D eigenvalue weighted by molar-refractivity contribution is 9.10. The van der Waals surface area contributed by atoms with Gasteiger partial charge in [-0.15, -0.1) is 0 Å². The molecule has 0 unspecified atom stereocenters. The van der Waals surface area contributed by atoms with Gasteiger partial charge in [-0.05, 0) is 37.1 Å². The van der Waals surface area contributed by atoms with E-state index in [1.54, 1.807) is 0 Å². The molecule has 1 aromatic carbocycles. The zero-order valence-corrected chi connectivity index (χ0v) is 12.5. The van der Waals surface area contributed by atoms with Crippen LogP contribution in [0.4, 0.5) is 0 Å². The van der Waals surface area contributed by atoms with Crippen LogP contribution in [-0.2, 0) is 9.59 Å². The molecule has 0 aliphatic carbocycles. The monoisotopic (exact) mass is 341 g/mol. The van der Waals surface area contributed by atoms with Gasteiger partial charge in [0.05, 0.1) is 13.0 Å². The SMILES string of the molecule is O=C(O)[C@@H]1CCCN1C(=O)CCOc1ccc(Br)cc1. The van der Waals surface area contributed by atoms with Crippen molar-refractivity contribution in [2.45, 2.75) is 25.3 Å². The van der Waals surface area contributed by atoms with Crippen molar-refractivity contribution >= 4 is 27.8 Å². The third-order valence-corrected chi connectivity index (χ3v) is 3.79. The number of carbonyl (C=O) groups excluding carboxylic acids is 1. The minimum Gasteiger partial charge on any atom is -0.493 e. The van der Waals surface area contributed by atoms with Gasteiger partial charge in [-0.2, -0.15) is 0 Å². The number of aliphatic carboxylic acids is 1. The summed E-state index contributed by atoms with van der Waals surface area (Å²) >= 11 is 3.33. The van der Waals surface area contributed by atoms with Crippen LogP contribution in [-0.4, -0.2) is 41.1 Å². The van der Waals surface area contributed by atoms with Crippen LogP contribution in [0.1, 0.15) is 19.3 Å². The van der Waals surface area contributed by atoms with Gasteiger partial charge in [-0.1, -0.05) is 15.9 Å². The number of ether oxygens (including phenoxy) is 1. The molecule has 1 N–H and O–H groups in total. The maximum atomic E-state index is 12.0. The fourth-order valence-electron chi connectivity index (χ4n) is 2.25. The van der Waals surface area contributed by atoms with Crippen LogP contribution in [0.5, 0.6) is 5.75 Å². The van der Waals surface area contributed by atoms with E-state index >= 15 is 0 Å². The molecule has 6 heteroatoms. The van der Waals surface area contributed by atoms with Crippen LogP contribution in [0.25, 0.3) is 0 Å². The number of carbonyl (C=O) groups is 2. The molecule has 0 radical (unpaired) electrons. The molecular formula is C14H16BrNO4. The number of halogens is 1. The molecule has 1 aromatic rings. The standard InChI is InChI=1S/C14H16BrNO4/c15-10-3-5-11(6-4-10)20-9-7-13(17)16-8-1-2-12(16)14(18)19/h3-6,12H,1-2,7-9H2,(H,18,19)/t12-/m0/s1. The van der Waals surface area contributed by atoms with Crippen LogP contribution in [0.2, 0.25) is 0 Å². The summed E-state index contributed by atoms with van der Waals surface area (Å²) in [5.74, 6) is -0.395. The summed E-state index contributed by atoms with van der Waals surface area (Å²) in [7, 11) is 0. The number of nitrogens with zero attached hydrogens (tertiary/aromatic N) is 1. The van der Waals surface area contributed by atoms with Crippen molar-refractivity contribution in [1.82, 2.24) is 4.90 Å². The molecule has 0 aromatic heterocycles. The highest BCUT2D eigenvalue weighted by Crippen LogP contribution is 2.19. The lowest BCUT2D eigenvalue weighted by Crippen LogP contribution is -2.40. The predicted octanol–water partition coefficient (Wildman–Crippen LogP) is 2.29. The Labute approximate surface area is 125 Å². The van der Waals surface area contributed by atoms with E-state index in [0.717, 1.165) is 10.9 Å². The average Bonchev–Trinajstić information content (AvgIpc) is 2.90. The van der Waals surface area contributed by atoms with E-state index in [-0.39, 0.29) is 18.9 Å². The van der Waals surface area contributed by atoms with E-state index in [9.17, 15) is 9.59 Å². The predicted molar refractivity (Wildman–Crippen MR) is 76.6 cm³/mol. The molecule has 1 amide bonds.